The molecule has 0 bridgehead atoms. The van der Waals surface area contributed by atoms with Crippen LogP contribution in [0.15, 0.2) is 46.9 Å². The van der Waals surface area contributed by atoms with Crippen LogP contribution in [0.4, 0.5) is 5.69 Å². The van der Waals surface area contributed by atoms with E-state index in [2.05, 4.69) is 16.9 Å². The topological polar surface area (TPSA) is 146 Å². The Bertz CT molecular complexity index is 570. The molecular formula is C14H22N6O2. The van der Waals surface area contributed by atoms with Gasteiger partial charge in [-0.2, -0.15) is 0 Å². The number of hydrogen-bond donors (Lipinski definition) is 5. The maximum absolute atomic E-state index is 8.91. The van der Waals surface area contributed by atoms with Gasteiger partial charge >= 0.3 is 0 Å². The summed E-state index contributed by atoms with van der Waals surface area (Å²) in [7, 11) is 0. The van der Waals surface area contributed by atoms with Crippen molar-refractivity contribution in [2.75, 3.05) is 18.0 Å². The van der Waals surface area contributed by atoms with Crippen molar-refractivity contribution in [1.82, 2.24) is 0 Å². The fraction of sp³-hybridized carbons (Fsp3) is 0.286. The minimum Gasteiger partial charge on any atom is -0.409 e. The first-order chi connectivity index (χ1) is 10.5. The number of nitrogens with zero attached hydrogens (tertiary/aromatic N) is 3. The number of anilines is 1. The second-order valence-electron chi connectivity index (χ2n) is 4.74. The molecule has 120 valence electrons. The number of amidine groups is 2. The van der Waals surface area contributed by atoms with Crippen molar-refractivity contribution < 1.29 is 10.4 Å². The van der Waals surface area contributed by atoms with Crippen LogP contribution in [0.1, 0.15) is 18.4 Å². The smallest absolute Gasteiger partial charge is 0.172 e. The lowest BCUT2D eigenvalue weighted by Gasteiger charge is -2.26. The molecule has 22 heavy (non-hydrogen) atoms. The van der Waals surface area contributed by atoms with Crippen LogP contribution in [0.2, 0.25) is 0 Å². The Balaban J connectivity index is 3.06. The average Bonchev–Trinajstić information content (AvgIpc) is 2.53. The molecule has 0 fully saturated rings. The second kappa shape index (κ2) is 8.40. The monoisotopic (exact) mass is 306 g/mol. The van der Waals surface area contributed by atoms with Crippen LogP contribution in [0.25, 0.3) is 0 Å². The van der Waals surface area contributed by atoms with Gasteiger partial charge in [0.15, 0.2) is 5.84 Å². The molecule has 0 aliphatic rings. The van der Waals surface area contributed by atoms with Crippen molar-refractivity contribution in [2.45, 2.75) is 12.8 Å². The summed E-state index contributed by atoms with van der Waals surface area (Å²) in [4.78, 5) is 1.96. The third-order valence-corrected chi connectivity index (χ3v) is 3.10. The predicted molar refractivity (Wildman–Crippen MR) is 87.1 cm³/mol. The second-order valence-corrected chi connectivity index (χ2v) is 4.74. The summed E-state index contributed by atoms with van der Waals surface area (Å²) in [6.07, 6.45) is 0.929. The third kappa shape index (κ3) is 4.89. The Labute approximate surface area is 129 Å². The summed E-state index contributed by atoms with van der Waals surface area (Å²) in [5.74, 6) is 0.133. The van der Waals surface area contributed by atoms with Crippen molar-refractivity contribution in [3.8, 4) is 0 Å². The number of nitrogens with two attached hydrogens (primary N) is 3. The van der Waals surface area contributed by atoms with Crippen LogP contribution in [-0.4, -0.2) is 35.2 Å². The van der Waals surface area contributed by atoms with Crippen molar-refractivity contribution in [2.24, 2.45) is 27.5 Å². The fourth-order valence-corrected chi connectivity index (χ4v) is 1.95. The number of oxime groups is 2. The van der Waals surface area contributed by atoms with E-state index in [0.717, 1.165) is 5.69 Å². The fourth-order valence-electron chi connectivity index (χ4n) is 1.95. The summed E-state index contributed by atoms with van der Waals surface area (Å²) >= 11 is 0. The van der Waals surface area contributed by atoms with Crippen molar-refractivity contribution in [3.63, 3.8) is 0 Å². The molecule has 8 nitrogen and oxygen atoms in total. The SMILES string of the molecule is C=C(N)CCN(CC/C(N)=N/O)c1ccccc1/C(N)=N/O. The standard InChI is InChI=1S/C14H22N6O2/c1-10(15)6-8-20(9-7-13(16)18-21)12-5-3-2-4-11(12)14(17)19-22/h2-5,21-22H,1,6-9,15H2,(H2,16,18)(H2,17,19). The van der Waals surface area contributed by atoms with Crippen LogP contribution in [0, 0.1) is 0 Å². The molecule has 8 N–H and O–H groups in total. The Hall–Kier alpha value is -2.90. The van der Waals surface area contributed by atoms with Gasteiger partial charge in [0.1, 0.15) is 5.84 Å². The molecule has 1 aromatic carbocycles. The predicted octanol–water partition coefficient (Wildman–Crippen LogP) is 0.587. The van der Waals surface area contributed by atoms with Gasteiger partial charge in [0.2, 0.25) is 0 Å². The van der Waals surface area contributed by atoms with Crippen molar-refractivity contribution in [3.05, 3.63) is 42.1 Å². The molecule has 0 saturated heterocycles. The lowest BCUT2D eigenvalue weighted by molar-refractivity contribution is 0.317. The molecule has 0 atom stereocenters. The first-order valence-corrected chi connectivity index (χ1v) is 6.71. The van der Waals surface area contributed by atoms with E-state index >= 15 is 0 Å². The molecule has 0 spiro atoms. The van der Waals surface area contributed by atoms with Crippen LogP contribution < -0.4 is 22.1 Å². The zero-order valence-corrected chi connectivity index (χ0v) is 12.3. The molecule has 8 heteroatoms. The minimum atomic E-state index is 0.0102. The van der Waals surface area contributed by atoms with E-state index in [-0.39, 0.29) is 11.7 Å². The summed E-state index contributed by atoms with van der Waals surface area (Å²) in [5.41, 5.74) is 18.8. The highest BCUT2D eigenvalue weighted by atomic mass is 16.4. The first-order valence-electron chi connectivity index (χ1n) is 6.71. The van der Waals surface area contributed by atoms with Crippen molar-refractivity contribution >= 4 is 17.4 Å². The largest absolute Gasteiger partial charge is 0.409 e. The Morgan fingerprint density at radius 1 is 1.05 bits per heavy atom. The summed E-state index contributed by atoms with van der Waals surface area (Å²) in [6.45, 7) is 4.74. The summed E-state index contributed by atoms with van der Waals surface area (Å²) < 4.78 is 0. The number of para-hydroxylation sites is 1. The maximum atomic E-state index is 8.91. The molecule has 0 radical (unpaired) electrons. The molecule has 0 aliphatic heterocycles. The van der Waals surface area contributed by atoms with E-state index in [0.29, 0.717) is 37.2 Å². The highest BCUT2D eigenvalue weighted by Crippen LogP contribution is 2.21. The van der Waals surface area contributed by atoms with Crippen LogP contribution in [0.3, 0.4) is 0 Å². The zero-order chi connectivity index (χ0) is 16.5. The lowest BCUT2D eigenvalue weighted by Crippen LogP contribution is -2.32. The van der Waals surface area contributed by atoms with Crippen molar-refractivity contribution in [1.29, 1.82) is 0 Å². The molecule has 0 heterocycles. The maximum Gasteiger partial charge on any atom is 0.172 e. The summed E-state index contributed by atoms with van der Waals surface area (Å²) in [5, 5.41) is 23.6. The lowest BCUT2D eigenvalue weighted by atomic mass is 10.1. The molecule has 0 aliphatic carbocycles. The minimum absolute atomic E-state index is 0.0102. The van der Waals surface area contributed by atoms with Crippen LogP contribution in [-0.2, 0) is 0 Å². The van der Waals surface area contributed by atoms with Gasteiger partial charge < -0.3 is 32.5 Å². The van der Waals surface area contributed by atoms with Gasteiger partial charge in [0, 0.05) is 42.9 Å². The van der Waals surface area contributed by atoms with Gasteiger partial charge in [-0.3, -0.25) is 0 Å². The Morgan fingerprint density at radius 2 is 1.68 bits per heavy atom. The highest BCUT2D eigenvalue weighted by Gasteiger charge is 2.14. The third-order valence-electron chi connectivity index (χ3n) is 3.10. The molecule has 0 unspecified atom stereocenters. The van der Waals surface area contributed by atoms with E-state index < -0.39 is 0 Å². The van der Waals surface area contributed by atoms with Gasteiger partial charge in [0.25, 0.3) is 0 Å². The van der Waals surface area contributed by atoms with Gasteiger partial charge in [0.05, 0.1) is 0 Å². The highest BCUT2D eigenvalue weighted by molar-refractivity contribution is 6.02. The van der Waals surface area contributed by atoms with E-state index in [1.165, 1.54) is 0 Å². The van der Waals surface area contributed by atoms with Gasteiger partial charge in [-0.1, -0.05) is 29.0 Å². The zero-order valence-electron chi connectivity index (χ0n) is 12.3. The first kappa shape index (κ1) is 17.2. The van der Waals surface area contributed by atoms with Crippen LogP contribution in [0.5, 0.6) is 0 Å². The average molecular weight is 306 g/mol. The Morgan fingerprint density at radius 3 is 2.27 bits per heavy atom. The van der Waals surface area contributed by atoms with E-state index in [1.54, 1.807) is 12.1 Å². The molecule has 0 aromatic heterocycles. The number of hydrogen-bond acceptors (Lipinski definition) is 6. The number of benzene rings is 1. The van der Waals surface area contributed by atoms with E-state index in [1.807, 2.05) is 17.0 Å². The normalized spacial score (nSPS) is 12.2. The van der Waals surface area contributed by atoms with E-state index in [9.17, 15) is 0 Å². The molecule has 1 rings (SSSR count). The molecule has 1 aromatic rings. The van der Waals surface area contributed by atoms with E-state index in [4.69, 9.17) is 27.6 Å². The van der Waals surface area contributed by atoms with Gasteiger partial charge in [-0.05, 0) is 12.1 Å². The molecule has 0 amide bonds. The van der Waals surface area contributed by atoms with Gasteiger partial charge in [-0.15, -0.1) is 0 Å². The molecular weight excluding hydrogens is 284 g/mol. The number of rotatable bonds is 8. The van der Waals surface area contributed by atoms with Crippen LogP contribution >= 0.6 is 0 Å². The molecule has 0 saturated carbocycles. The Kier molecular flexibility index (Phi) is 6.55. The summed E-state index contributed by atoms with van der Waals surface area (Å²) in [6, 6.07) is 7.23. The quantitative estimate of drug-likeness (QED) is 0.205. The van der Waals surface area contributed by atoms with Gasteiger partial charge in [-0.25, -0.2) is 0 Å².